The number of aromatic hydroxyl groups is 1. The lowest BCUT2D eigenvalue weighted by Gasteiger charge is -2.11. The lowest BCUT2D eigenvalue weighted by molar-refractivity contribution is 0.0949. The monoisotopic (exact) mass is 269 g/mol. The second-order valence-corrected chi connectivity index (χ2v) is 5.07. The smallest absolute Gasteiger partial charge is 0.251 e. The predicted octanol–water partition coefficient (Wildman–Crippen LogP) is 2.13. The molecule has 0 fully saturated rings. The van der Waals surface area contributed by atoms with Gasteiger partial charge in [-0.15, -0.1) is 0 Å². The predicted molar refractivity (Wildman–Crippen MR) is 74.5 cm³/mol. The molecule has 4 nitrogen and oxygen atoms in total. The molecule has 0 bridgehead atoms. The quantitative estimate of drug-likeness (QED) is 0.830. The number of phenols is 1. The lowest BCUT2D eigenvalue weighted by atomic mass is 10.1. The summed E-state index contributed by atoms with van der Waals surface area (Å²) in [5, 5.41) is 12.4. The third-order valence-corrected chi connectivity index (χ3v) is 3.41. The van der Waals surface area contributed by atoms with Crippen LogP contribution in [0.3, 0.4) is 0 Å². The van der Waals surface area contributed by atoms with E-state index >= 15 is 0 Å². The Kier molecular flexibility index (Phi) is 5.85. The van der Waals surface area contributed by atoms with Crippen molar-refractivity contribution in [2.45, 2.75) is 6.92 Å². The number of methoxy groups -OCH3 is 1. The van der Waals surface area contributed by atoms with Crippen molar-refractivity contribution in [1.29, 1.82) is 0 Å². The van der Waals surface area contributed by atoms with Gasteiger partial charge in [0.2, 0.25) is 0 Å². The number of nitrogens with one attached hydrogen (secondary N) is 1. The summed E-state index contributed by atoms with van der Waals surface area (Å²) in [6.07, 6.45) is 2.04. The molecule has 0 heterocycles. The van der Waals surface area contributed by atoms with Gasteiger partial charge >= 0.3 is 0 Å². The van der Waals surface area contributed by atoms with Crippen LogP contribution in [-0.4, -0.2) is 36.7 Å². The van der Waals surface area contributed by atoms with Crippen LogP contribution < -0.4 is 10.1 Å². The molecule has 0 spiro atoms. The van der Waals surface area contributed by atoms with E-state index in [0.717, 1.165) is 5.75 Å². The van der Waals surface area contributed by atoms with Crippen LogP contribution in [-0.2, 0) is 0 Å². The molecule has 1 aromatic carbocycles. The van der Waals surface area contributed by atoms with Gasteiger partial charge in [0.1, 0.15) is 0 Å². The second-order valence-electron chi connectivity index (χ2n) is 4.16. The maximum atomic E-state index is 11.8. The molecule has 0 aromatic heterocycles. The molecule has 5 heteroatoms. The number of carbonyl (C=O) groups excluding carboxylic acids is 1. The molecule has 0 saturated heterocycles. The Morgan fingerprint density at radius 3 is 2.83 bits per heavy atom. The highest BCUT2D eigenvalue weighted by Gasteiger charge is 2.10. The minimum atomic E-state index is -0.180. The zero-order chi connectivity index (χ0) is 13.5. The van der Waals surface area contributed by atoms with Crippen LogP contribution in [0.1, 0.15) is 17.3 Å². The van der Waals surface area contributed by atoms with Crippen molar-refractivity contribution in [3.05, 3.63) is 23.8 Å². The van der Waals surface area contributed by atoms with Gasteiger partial charge in [-0.05, 0) is 36.1 Å². The minimum Gasteiger partial charge on any atom is -0.504 e. The fourth-order valence-corrected chi connectivity index (χ4v) is 2.23. The molecular formula is C13H19NO3S. The molecule has 0 saturated carbocycles. The SMILES string of the molecule is COc1ccc(C(=O)NCC(C)CSC)cc1O. The molecular weight excluding hydrogens is 250 g/mol. The van der Waals surface area contributed by atoms with Gasteiger partial charge in [-0.3, -0.25) is 4.79 Å². The summed E-state index contributed by atoms with van der Waals surface area (Å²) < 4.78 is 4.93. The van der Waals surface area contributed by atoms with Crippen molar-refractivity contribution in [1.82, 2.24) is 5.32 Å². The first kappa shape index (κ1) is 14.7. The zero-order valence-corrected chi connectivity index (χ0v) is 11.7. The molecule has 0 aliphatic rings. The third kappa shape index (κ3) is 4.14. The standard InChI is InChI=1S/C13H19NO3S/c1-9(8-18-3)7-14-13(16)10-4-5-12(17-2)11(15)6-10/h4-6,9,15H,7-8H2,1-3H3,(H,14,16). The summed E-state index contributed by atoms with van der Waals surface area (Å²) in [5.74, 6) is 1.59. The molecule has 2 N–H and O–H groups in total. The summed E-state index contributed by atoms with van der Waals surface area (Å²) in [6, 6.07) is 4.62. The number of ether oxygens (including phenoxy) is 1. The van der Waals surface area contributed by atoms with Gasteiger partial charge in [-0.1, -0.05) is 6.92 Å². The van der Waals surface area contributed by atoms with Crippen LogP contribution in [0.25, 0.3) is 0 Å². The maximum Gasteiger partial charge on any atom is 0.251 e. The highest BCUT2D eigenvalue weighted by atomic mass is 32.2. The second kappa shape index (κ2) is 7.16. The molecule has 1 unspecified atom stereocenters. The van der Waals surface area contributed by atoms with Gasteiger partial charge in [-0.25, -0.2) is 0 Å². The van der Waals surface area contributed by atoms with Crippen LogP contribution in [0.5, 0.6) is 11.5 Å². The first-order valence-corrected chi connectivity index (χ1v) is 7.12. The largest absolute Gasteiger partial charge is 0.504 e. The molecule has 0 aliphatic heterocycles. The Morgan fingerprint density at radius 2 is 2.28 bits per heavy atom. The van der Waals surface area contributed by atoms with Gasteiger partial charge in [0.05, 0.1) is 7.11 Å². The first-order valence-electron chi connectivity index (χ1n) is 5.72. The molecule has 18 heavy (non-hydrogen) atoms. The molecule has 100 valence electrons. The maximum absolute atomic E-state index is 11.8. The Morgan fingerprint density at radius 1 is 1.56 bits per heavy atom. The number of hydrogen-bond donors (Lipinski definition) is 2. The number of amides is 1. The van der Waals surface area contributed by atoms with Crippen molar-refractivity contribution < 1.29 is 14.6 Å². The zero-order valence-electron chi connectivity index (χ0n) is 10.9. The van der Waals surface area contributed by atoms with E-state index in [-0.39, 0.29) is 11.7 Å². The molecule has 1 rings (SSSR count). The van der Waals surface area contributed by atoms with E-state index in [2.05, 4.69) is 12.2 Å². The van der Waals surface area contributed by atoms with Crippen LogP contribution in [0.4, 0.5) is 0 Å². The van der Waals surface area contributed by atoms with Gasteiger partial charge in [0.15, 0.2) is 11.5 Å². The average Bonchev–Trinajstić information content (AvgIpc) is 2.36. The van der Waals surface area contributed by atoms with E-state index in [0.29, 0.717) is 23.8 Å². The number of rotatable bonds is 6. The third-order valence-electron chi connectivity index (χ3n) is 2.50. The van der Waals surface area contributed by atoms with Gasteiger partial charge < -0.3 is 15.2 Å². The van der Waals surface area contributed by atoms with E-state index in [9.17, 15) is 9.90 Å². The van der Waals surface area contributed by atoms with E-state index in [1.807, 2.05) is 6.26 Å². The first-order chi connectivity index (χ1) is 8.58. The molecule has 0 aliphatic carbocycles. The van der Waals surface area contributed by atoms with E-state index in [1.165, 1.54) is 13.2 Å². The van der Waals surface area contributed by atoms with Gasteiger partial charge in [0, 0.05) is 12.1 Å². The summed E-state index contributed by atoms with van der Waals surface area (Å²) in [7, 11) is 1.47. The van der Waals surface area contributed by atoms with Crippen molar-refractivity contribution in [3.63, 3.8) is 0 Å². The number of phenolic OH excluding ortho intramolecular Hbond substituents is 1. The van der Waals surface area contributed by atoms with Crippen molar-refractivity contribution in [3.8, 4) is 11.5 Å². The summed E-state index contributed by atoms with van der Waals surface area (Å²) >= 11 is 1.76. The van der Waals surface area contributed by atoms with Crippen LogP contribution in [0.2, 0.25) is 0 Å². The number of carbonyl (C=O) groups is 1. The topological polar surface area (TPSA) is 58.6 Å². The fraction of sp³-hybridized carbons (Fsp3) is 0.462. The van der Waals surface area contributed by atoms with Crippen molar-refractivity contribution in [2.75, 3.05) is 25.7 Å². The van der Waals surface area contributed by atoms with Gasteiger partial charge in [-0.2, -0.15) is 11.8 Å². The molecule has 1 atom stereocenters. The Bertz CT molecular complexity index is 409. The summed E-state index contributed by atoms with van der Waals surface area (Å²) in [6.45, 7) is 2.72. The molecule has 1 amide bonds. The Labute approximate surface area is 112 Å². The summed E-state index contributed by atoms with van der Waals surface area (Å²) in [4.78, 5) is 11.8. The number of thioether (sulfide) groups is 1. The highest BCUT2D eigenvalue weighted by Crippen LogP contribution is 2.26. The van der Waals surface area contributed by atoms with Crippen LogP contribution in [0, 0.1) is 5.92 Å². The molecule has 1 aromatic rings. The fourth-order valence-electron chi connectivity index (χ4n) is 1.54. The number of benzene rings is 1. The molecule has 0 radical (unpaired) electrons. The lowest BCUT2D eigenvalue weighted by Crippen LogP contribution is -2.29. The Hall–Kier alpha value is -1.36. The van der Waals surface area contributed by atoms with Crippen molar-refractivity contribution in [2.24, 2.45) is 5.92 Å². The summed E-state index contributed by atoms with van der Waals surface area (Å²) in [5.41, 5.74) is 0.435. The van der Waals surface area contributed by atoms with Crippen LogP contribution >= 0.6 is 11.8 Å². The highest BCUT2D eigenvalue weighted by molar-refractivity contribution is 7.98. The average molecular weight is 269 g/mol. The van der Waals surface area contributed by atoms with E-state index in [4.69, 9.17) is 4.74 Å². The Balaban J connectivity index is 2.59. The van der Waals surface area contributed by atoms with Crippen molar-refractivity contribution >= 4 is 17.7 Å². The van der Waals surface area contributed by atoms with Gasteiger partial charge in [0.25, 0.3) is 5.91 Å². The van der Waals surface area contributed by atoms with E-state index < -0.39 is 0 Å². The number of hydrogen-bond acceptors (Lipinski definition) is 4. The minimum absolute atomic E-state index is 0.0256. The normalized spacial score (nSPS) is 11.9. The van der Waals surface area contributed by atoms with Crippen LogP contribution in [0.15, 0.2) is 18.2 Å². The van der Waals surface area contributed by atoms with E-state index in [1.54, 1.807) is 23.9 Å².